The van der Waals surface area contributed by atoms with Crippen molar-refractivity contribution in [2.45, 2.75) is 71.1 Å². The summed E-state index contributed by atoms with van der Waals surface area (Å²) in [6.07, 6.45) is 9.82. The highest BCUT2D eigenvalue weighted by Crippen LogP contribution is 2.36. The van der Waals surface area contributed by atoms with Gasteiger partial charge >= 0.3 is 0 Å². The Morgan fingerprint density at radius 3 is 1.77 bits per heavy atom. The molecule has 4 aliphatic rings. The Hall–Kier alpha value is -3.27. The van der Waals surface area contributed by atoms with Gasteiger partial charge < -0.3 is 23.5 Å². The maximum atomic E-state index is 12.1. The van der Waals surface area contributed by atoms with Crippen molar-refractivity contribution in [2.75, 3.05) is 39.6 Å². The second kappa shape index (κ2) is 16.0. The number of pyridine rings is 1. The monoisotopic (exact) mass is 719 g/mol. The average molecular weight is 721 g/mol. The summed E-state index contributed by atoms with van der Waals surface area (Å²) in [6.45, 7) is 6.47. The van der Waals surface area contributed by atoms with E-state index in [1.807, 2.05) is 31.3 Å². The van der Waals surface area contributed by atoms with Crippen LogP contribution in [0.3, 0.4) is 0 Å². The molecule has 0 spiro atoms. The van der Waals surface area contributed by atoms with Crippen LogP contribution in [0.1, 0.15) is 66.3 Å². The number of halogens is 1. The summed E-state index contributed by atoms with van der Waals surface area (Å²) in [4.78, 5) is 35.8. The number of hydrogen-bond acceptors (Lipinski definition) is 7. The van der Waals surface area contributed by atoms with Crippen LogP contribution in [-0.4, -0.2) is 55.8 Å². The normalized spacial score (nSPS) is 18.4. The van der Waals surface area contributed by atoms with Gasteiger partial charge in [0.05, 0.1) is 13.2 Å². The van der Waals surface area contributed by atoms with Crippen LogP contribution >= 0.6 is 15.9 Å². The van der Waals surface area contributed by atoms with E-state index in [-0.39, 0.29) is 11.3 Å². The molecule has 0 amide bonds. The van der Waals surface area contributed by atoms with Crippen LogP contribution in [0.25, 0.3) is 11.1 Å². The summed E-state index contributed by atoms with van der Waals surface area (Å²) in [5.74, 6) is 3.35. The third-order valence-electron chi connectivity index (χ3n) is 9.99. The Kier molecular flexibility index (Phi) is 11.5. The summed E-state index contributed by atoms with van der Waals surface area (Å²) >= 11 is 3.54. The van der Waals surface area contributed by atoms with Crippen LogP contribution in [-0.2, 0) is 51.8 Å². The lowest BCUT2D eigenvalue weighted by molar-refractivity contribution is -0.119. The Morgan fingerprint density at radius 2 is 1.23 bits per heavy atom. The fourth-order valence-corrected chi connectivity index (χ4v) is 7.52. The third-order valence-corrected chi connectivity index (χ3v) is 10.4. The molecule has 0 saturated carbocycles. The van der Waals surface area contributed by atoms with Crippen molar-refractivity contribution >= 4 is 27.5 Å². The zero-order valence-corrected chi connectivity index (χ0v) is 29.7. The number of ketones is 2. The predicted octanol–water partition coefficient (Wildman–Crippen LogP) is 6.54. The first-order chi connectivity index (χ1) is 23.2. The Morgan fingerprint density at radius 1 is 0.708 bits per heavy atom. The summed E-state index contributed by atoms with van der Waals surface area (Å²) in [5, 5.41) is 0. The summed E-state index contributed by atoms with van der Waals surface area (Å²) in [7, 11) is 1.78. The first kappa shape index (κ1) is 34.6. The summed E-state index contributed by atoms with van der Waals surface area (Å²) < 4.78 is 25.8. The molecule has 2 aromatic carbocycles. The molecule has 256 valence electrons. The Labute approximate surface area is 291 Å². The van der Waals surface area contributed by atoms with Gasteiger partial charge in [0, 0.05) is 86.5 Å². The number of benzene rings is 2. The largest absolute Gasteiger partial charge is 0.493 e. The number of rotatable bonds is 7. The van der Waals surface area contributed by atoms with Crippen molar-refractivity contribution in [1.29, 1.82) is 0 Å². The van der Waals surface area contributed by atoms with Crippen molar-refractivity contribution in [3.63, 3.8) is 0 Å². The van der Waals surface area contributed by atoms with Gasteiger partial charge in [-0.25, -0.2) is 0 Å². The number of fused-ring (bicyclic) bond motifs is 2. The molecule has 2 aliphatic heterocycles. The number of nitrogens with zero attached hydrogens (tertiary/aromatic N) is 1. The van der Waals surface area contributed by atoms with E-state index in [9.17, 15) is 14.4 Å². The molecule has 1 aromatic heterocycles. The molecule has 8 nitrogen and oxygen atoms in total. The van der Waals surface area contributed by atoms with Gasteiger partial charge in [-0.3, -0.25) is 14.4 Å². The van der Waals surface area contributed by atoms with Crippen molar-refractivity contribution in [3.8, 4) is 22.6 Å². The van der Waals surface area contributed by atoms with E-state index in [4.69, 9.17) is 18.9 Å². The molecule has 2 aliphatic carbocycles. The van der Waals surface area contributed by atoms with Crippen molar-refractivity contribution < 1.29 is 28.5 Å². The molecule has 48 heavy (non-hydrogen) atoms. The van der Waals surface area contributed by atoms with Crippen LogP contribution in [0.2, 0.25) is 0 Å². The number of Topliss-reactive ketones (excluding diaryl/α,β-unsaturated/α-hetero) is 2. The molecule has 3 aromatic rings. The molecular weight excluding hydrogens is 674 g/mol. The Bertz CT molecular complexity index is 1680. The smallest absolute Gasteiger partial charge is 0.253 e. The van der Waals surface area contributed by atoms with Crippen molar-refractivity contribution in [3.05, 3.63) is 79.2 Å². The lowest BCUT2D eigenvalue weighted by atomic mass is 9.87. The van der Waals surface area contributed by atoms with Gasteiger partial charge in [0.15, 0.2) is 0 Å². The van der Waals surface area contributed by atoms with Crippen LogP contribution in [0.4, 0.5) is 0 Å². The zero-order valence-electron chi connectivity index (χ0n) is 28.1. The zero-order chi connectivity index (χ0) is 33.6. The SMILES string of the molecule is Cc1cc(-c2cc3c(c(OCC4CCOCC4)c2)CC(=O)CC3)cn(C)c1=O.O=C1CCc2cc(Br)cc(OCC3CCOCC3)c2C1. The van der Waals surface area contributed by atoms with Gasteiger partial charge in [-0.2, -0.15) is 0 Å². The highest BCUT2D eigenvalue weighted by molar-refractivity contribution is 9.10. The van der Waals surface area contributed by atoms with Crippen LogP contribution in [0.15, 0.2) is 45.8 Å². The number of aryl methyl sites for hydroxylation is 4. The predicted molar refractivity (Wildman–Crippen MR) is 188 cm³/mol. The lowest BCUT2D eigenvalue weighted by Gasteiger charge is -2.25. The first-order valence-electron chi connectivity index (χ1n) is 17.3. The molecule has 3 heterocycles. The molecule has 0 bridgehead atoms. The van der Waals surface area contributed by atoms with E-state index < -0.39 is 0 Å². The van der Waals surface area contributed by atoms with Crippen LogP contribution in [0, 0.1) is 18.8 Å². The van der Waals surface area contributed by atoms with E-state index >= 15 is 0 Å². The third kappa shape index (κ3) is 8.65. The second-order valence-electron chi connectivity index (χ2n) is 13.6. The number of carbonyl (C=O) groups excluding carboxylic acids is 2. The van der Waals surface area contributed by atoms with E-state index in [1.165, 1.54) is 11.1 Å². The van der Waals surface area contributed by atoms with Gasteiger partial charge in [-0.05, 0) is 104 Å². The molecule has 7 rings (SSSR count). The fourth-order valence-electron chi connectivity index (χ4n) is 7.04. The molecule has 0 unspecified atom stereocenters. The number of aromatic nitrogens is 1. The van der Waals surface area contributed by atoms with E-state index in [0.29, 0.717) is 49.9 Å². The van der Waals surface area contributed by atoms with Crippen LogP contribution < -0.4 is 15.0 Å². The van der Waals surface area contributed by atoms with Crippen LogP contribution in [0.5, 0.6) is 11.5 Å². The standard InChI is InChI=1S/C23H27NO4.C16H19BrO3/c1-15-9-19(13-24(2)23(15)26)18-10-17-3-4-20(25)12-21(17)22(11-18)28-14-16-5-7-27-8-6-16;17-13-7-12-1-2-14(18)9-15(12)16(8-13)20-10-11-3-5-19-6-4-11/h9-11,13,16H,3-8,12,14H2,1-2H3;7-8,11H,1-6,9-10H2. The maximum absolute atomic E-state index is 12.1. The topological polar surface area (TPSA) is 93.1 Å². The van der Waals surface area contributed by atoms with Gasteiger partial charge in [0.25, 0.3) is 5.56 Å². The quantitative estimate of drug-likeness (QED) is 0.274. The summed E-state index contributed by atoms with van der Waals surface area (Å²) in [6, 6.07) is 10.2. The lowest BCUT2D eigenvalue weighted by Crippen LogP contribution is -2.22. The minimum Gasteiger partial charge on any atom is -0.493 e. The first-order valence-corrected chi connectivity index (χ1v) is 18.1. The minimum absolute atomic E-state index is 0.0169. The summed E-state index contributed by atoms with van der Waals surface area (Å²) in [5.41, 5.74) is 7.33. The fraction of sp³-hybridized carbons (Fsp3) is 0.513. The number of ether oxygens (including phenoxy) is 4. The van der Waals surface area contributed by atoms with Gasteiger partial charge in [-0.15, -0.1) is 0 Å². The molecule has 0 atom stereocenters. The molecule has 2 fully saturated rings. The Balaban J connectivity index is 0.000000177. The highest BCUT2D eigenvalue weighted by atomic mass is 79.9. The van der Waals surface area contributed by atoms with Crippen molar-refractivity contribution in [1.82, 2.24) is 4.57 Å². The molecule has 2 saturated heterocycles. The van der Waals surface area contributed by atoms with Gasteiger partial charge in [0.1, 0.15) is 23.1 Å². The molecule has 9 heteroatoms. The second-order valence-corrected chi connectivity index (χ2v) is 14.6. The van der Waals surface area contributed by atoms with Gasteiger partial charge in [0.2, 0.25) is 0 Å². The van der Waals surface area contributed by atoms with E-state index in [2.05, 4.69) is 28.1 Å². The minimum atomic E-state index is 0.0169. The van der Waals surface area contributed by atoms with Gasteiger partial charge in [-0.1, -0.05) is 22.0 Å². The van der Waals surface area contributed by atoms with Crippen molar-refractivity contribution in [2.24, 2.45) is 18.9 Å². The average Bonchev–Trinajstić information content (AvgIpc) is 3.09. The highest BCUT2D eigenvalue weighted by Gasteiger charge is 2.24. The molecule has 0 radical (unpaired) electrons. The number of hydrogen-bond donors (Lipinski definition) is 0. The molecule has 0 N–H and O–H groups in total. The van der Waals surface area contributed by atoms with E-state index in [0.717, 1.165) is 115 Å². The maximum Gasteiger partial charge on any atom is 0.253 e. The van der Waals surface area contributed by atoms with E-state index in [1.54, 1.807) is 11.6 Å². The number of carbonyl (C=O) groups is 2. The molecular formula is C39H46BrNO7.